The van der Waals surface area contributed by atoms with E-state index >= 15 is 0 Å². The highest BCUT2D eigenvalue weighted by atomic mass is 32.2. The van der Waals surface area contributed by atoms with E-state index in [0.717, 1.165) is 19.4 Å². The molecule has 1 amide bonds. The molecule has 1 unspecified atom stereocenters. The van der Waals surface area contributed by atoms with Gasteiger partial charge in [0.15, 0.2) is 0 Å². The number of thioether (sulfide) groups is 1. The second kappa shape index (κ2) is 5.41. The maximum atomic E-state index is 12.2. The highest BCUT2D eigenvalue weighted by Crippen LogP contribution is 2.24. The van der Waals surface area contributed by atoms with Crippen LogP contribution in [-0.2, 0) is 4.79 Å². The summed E-state index contributed by atoms with van der Waals surface area (Å²) in [6, 6.07) is -0.827. The van der Waals surface area contributed by atoms with Gasteiger partial charge in [-0.05, 0) is 19.4 Å². The summed E-state index contributed by atoms with van der Waals surface area (Å²) in [6.45, 7) is 0.889. The van der Waals surface area contributed by atoms with Gasteiger partial charge in [-0.15, -0.1) is 11.8 Å². The van der Waals surface area contributed by atoms with Crippen molar-refractivity contribution in [3.8, 4) is 0 Å². The van der Waals surface area contributed by atoms with Crippen LogP contribution in [0.25, 0.3) is 0 Å². The fraction of sp³-hybridized carbons (Fsp3) is 0.636. The molecule has 0 aliphatic carbocycles. The zero-order valence-corrected chi connectivity index (χ0v) is 11.4. The summed E-state index contributed by atoms with van der Waals surface area (Å²) in [4.78, 5) is 28.7. The second-order valence-electron chi connectivity index (χ2n) is 4.73. The Bertz CT molecular complexity index is 528. The molecule has 1 aromatic heterocycles. The summed E-state index contributed by atoms with van der Waals surface area (Å²) in [7, 11) is 0. The molecule has 0 saturated carbocycles. The molecule has 1 aromatic rings. The first-order valence-electron chi connectivity index (χ1n) is 6.35. The van der Waals surface area contributed by atoms with E-state index in [9.17, 15) is 9.59 Å². The molecule has 3 rings (SSSR count). The molecule has 108 valence electrons. The molecule has 2 saturated heterocycles. The fourth-order valence-corrected chi connectivity index (χ4v) is 3.48. The molecule has 0 radical (unpaired) electrons. The first-order valence-corrected chi connectivity index (χ1v) is 7.51. The Hall–Kier alpha value is -1.61. The molecule has 2 fully saturated rings. The van der Waals surface area contributed by atoms with Crippen LogP contribution in [0, 0.1) is 0 Å². The molecule has 8 nitrogen and oxygen atoms in total. The normalized spacial score (nSPS) is 26.1. The minimum atomic E-state index is -1.01. The molecule has 0 aromatic carbocycles. The van der Waals surface area contributed by atoms with E-state index < -0.39 is 17.9 Å². The molecule has 3 heterocycles. The maximum absolute atomic E-state index is 12.2. The zero-order valence-electron chi connectivity index (χ0n) is 10.6. The average Bonchev–Trinajstić information content (AvgIpc) is 3.17. The van der Waals surface area contributed by atoms with Crippen molar-refractivity contribution in [1.29, 1.82) is 0 Å². The van der Waals surface area contributed by atoms with E-state index in [1.165, 1.54) is 16.7 Å². The highest BCUT2D eigenvalue weighted by Gasteiger charge is 2.37. The van der Waals surface area contributed by atoms with Crippen LogP contribution in [0.2, 0.25) is 0 Å². The molecular weight excluding hydrogens is 284 g/mol. The van der Waals surface area contributed by atoms with E-state index in [2.05, 4.69) is 15.5 Å². The Kier molecular flexibility index (Phi) is 3.62. The molecule has 2 atom stereocenters. The number of carboxylic acid groups (broad SMARTS) is 1. The van der Waals surface area contributed by atoms with Crippen LogP contribution in [0.1, 0.15) is 35.4 Å². The summed E-state index contributed by atoms with van der Waals surface area (Å²) in [5.74, 6) is -0.455. The third kappa shape index (κ3) is 2.38. The van der Waals surface area contributed by atoms with Crippen LogP contribution in [-0.4, -0.2) is 56.2 Å². The lowest BCUT2D eigenvalue weighted by molar-refractivity contribution is -0.140. The molecule has 20 heavy (non-hydrogen) atoms. The quantitative estimate of drug-likeness (QED) is 0.808. The average molecular weight is 298 g/mol. The summed E-state index contributed by atoms with van der Waals surface area (Å²) in [5, 5.41) is 16.0. The van der Waals surface area contributed by atoms with Gasteiger partial charge in [0, 0.05) is 5.75 Å². The number of nitrogens with one attached hydrogen (secondary N) is 1. The molecule has 0 spiro atoms. The van der Waals surface area contributed by atoms with Crippen molar-refractivity contribution in [2.75, 3.05) is 18.2 Å². The van der Waals surface area contributed by atoms with Crippen molar-refractivity contribution in [2.45, 2.75) is 24.9 Å². The summed E-state index contributed by atoms with van der Waals surface area (Å²) in [6.07, 6.45) is 1.92. The minimum Gasteiger partial charge on any atom is -0.480 e. The number of amides is 1. The predicted octanol–water partition coefficient (Wildman–Crippen LogP) is 0.0938. The first kappa shape index (κ1) is 13.4. The SMILES string of the molecule is O=C(O)[C@@H]1CSCN1C(=O)c1noc(C2CCCN2)n1. The van der Waals surface area contributed by atoms with Gasteiger partial charge in [-0.25, -0.2) is 4.79 Å². The van der Waals surface area contributed by atoms with Crippen molar-refractivity contribution < 1.29 is 19.2 Å². The van der Waals surface area contributed by atoms with Gasteiger partial charge in [0.1, 0.15) is 6.04 Å². The standard InChI is InChI=1S/C11H14N4O4S/c16-10(15-5-20-4-7(15)11(17)18)8-13-9(19-14-8)6-2-1-3-12-6/h6-7,12H,1-5H2,(H,17,18)/t6?,7-/m0/s1. The Morgan fingerprint density at radius 3 is 3.05 bits per heavy atom. The molecule has 2 aliphatic rings. The topological polar surface area (TPSA) is 109 Å². The van der Waals surface area contributed by atoms with E-state index in [0.29, 0.717) is 17.5 Å². The number of rotatable bonds is 3. The lowest BCUT2D eigenvalue weighted by atomic mass is 10.2. The van der Waals surface area contributed by atoms with Gasteiger partial charge in [-0.2, -0.15) is 4.98 Å². The van der Waals surface area contributed by atoms with Gasteiger partial charge in [-0.1, -0.05) is 5.16 Å². The fourth-order valence-electron chi connectivity index (χ4n) is 2.33. The van der Waals surface area contributed by atoms with Crippen molar-refractivity contribution in [3.63, 3.8) is 0 Å². The predicted molar refractivity (Wildman–Crippen MR) is 69.2 cm³/mol. The molecule has 2 aliphatic heterocycles. The summed E-state index contributed by atoms with van der Waals surface area (Å²) < 4.78 is 5.10. The van der Waals surface area contributed by atoms with E-state index in [-0.39, 0.29) is 11.9 Å². The van der Waals surface area contributed by atoms with Crippen molar-refractivity contribution >= 4 is 23.6 Å². The Morgan fingerprint density at radius 1 is 1.50 bits per heavy atom. The van der Waals surface area contributed by atoms with Gasteiger partial charge in [0.25, 0.3) is 11.7 Å². The van der Waals surface area contributed by atoms with Gasteiger partial charge in [-0.3, -0.25) is 4.79 Å². The second-order valence-corrected chi connectivity index (χ2v) is 5.73. The number of aliphatic carboxylic acids is 1. The van der Waals surface area contributed by atoms with Crippen LogP contribution in [0.15, 0.2) is 4.52 Å². The zero-order chi connectivity index (χ0) is 14.1. The van der Waals surface area contributed by atoms with Crippen molar-refractivity contribution in [1.82, 2.24) is 20.4 Å². The number of carbonyl (C=O) groups is 2. The number of carboxylic acids is 1. The van der Waals surface area contributed by atoms with E-state index in [1.54, 1.807) is 0 Å². The number of aromatic nitrogens is 2. The lowest BCUT2D eigenvalue weighted by Gasteiger charge is -2.18. The smallest absolute Gasteiger partial charge is 0.327 e. The van der Waals surface area contributed by atoms with Gasteiger partial charge >= 0.3 is 5.97 Å². The monoisotopic (exact) mass is 298 g/mol. The summed E-state index contributed by atoms with van der Waals surface area (Å²) in [5.41, 5.74) is 0. The first-order chi connectivity index (χ1) is 9.66. The molecule has 9 heteroatoms. The van der Waals surface area contributed by atoms with Crippen molar-refractivity contribution in [3.05, 3.63) is 11.7 Å². The Morgan fingerprint density at radius 2 is 2.35 bits per heavy atom. The summed E-state index contributed by atoms with van der Waals surface area (Å²) >= 11 is 1.40. The molecular formula is C11H14N4O4S. The van der Waals surface area contributed by atoms with Crippen LogP contribution in [0.3, 0.4) is 0 Å². The number of carbonyl (C=O) groups excluding carboxylic acids is 1. The third-order valence-electron chi connectivity index (χ3n) is 3.42. The van der Waals surface area contributed by atoms with Crippen LogP contribution < -0.4 is 5.32 Å². The van der Waals surface area contributed by atoms with Gasteiger partial charge in [0.05, 0.1) is 11.9 Å². The molecule has 0 bridgehead atoms. The Balaban J connectivity index is 1.75. The van der Waals surface area contributed by atoms with Gasteiger partial charge in [0.2, 0.25) is 5.89 Å². The van der Waals surface area contributed by atoms with Gasteiger partial charge < -0.3 is 19.8 Å². The Labute approximate surface area is 118 Å². The highest BCUT2D eigenvalue weighted by molar-refractivity contribution is 7.99. The van der Waals surface area contributed by atoms with E-state index in [4.69, 9.17) is 9.63 Å². The van der Waals surface area contributed by atoms with Crippen LogP contribution in [0.4, 0.5) is 0 Å². The van der Waals surface area contributed by atoms with E-state index in [1.807, 2.05) is 0 Å². The van der Waals surface area contributed by atoms with Crippen LogP contribution >= 0.6 is 11.8 Å². The molecule has 2 N–H and O–H groups in total. The number of hydrogen-bond acceptors (Lipinski definition) is 7. The van der Waals surface area contributed by atoms with Crippen LogP contribution in [0.5, 0.6) is 0 Å². The number of nitrogens with zero attached hydrogens (tertiary/aromatic N) is 3. The largest absolute Gasteiger partial charge is 0.480 e. The lowest BCUT2D eigenvalue weighted by Crippen LogP contribution is -2.42. The third-order valence-corrected chi connectivity index (χ3v) is 4.43. The minimum absolute atomic E-state index is 0.00715. The van der Waals surface area contributed by atoms with Crippen molar-refractivity contribution in [2.24, 2.45) is 0 Å². The maximum Gasteiger partial charge on any atom is 0.327 e. The number of hydrogen-bond donors (Lipinski definition) is 2.